The van der Waals surface area contributed by atoms with Crippen molar-refractivity contribution in [1.29, 1.82) is 0 Å². The maximum atomic E-state index is 14.3. The summed E-state index contributed by atoms with van der Waals surface area (Å²) in [4.78, 5) is 2.43. The summed E-state index contributed by atoms with van der Waals surface area (Å²) in [5.74, 6) is -0.0952. The monoisotopic (exact) mass is 277 g/mol. The van der Waals surface area contributed by atoms with Crippen LogP contribution in [-0.2, 0) is 0 Å². The molecule has 1 nitrogen and oxygen atoms in total. The molecule has 102 valence electrons. The highest BCUT2D eigenvalue weighted by Crippen LogP contribution is 2.30. The Morgan fingerprint density at radius 3 is 2.63 bits per heavy atom. The van der Waals surface area contributed by atoms with Gasteiger partial charge in [0, 0.05) is 15.3 Å². The second-order valence-electron chi connectivity index (χ2n) is 4.81. The average Bonchev–Trinajstić information content (AvgIpc) is 2.81. The molecule has 0 bridgehead atoms. The summed E-state index contributed by atoms with van der Waals surface area (Å²) in [6, 6.07) is 9.76. The van der Waals surface area contributed by atoms with Crippen molar-refractivity contribution in [1.82, 2.24) is 5.32 Å². The Labute approximate surface area is 118 Å². The lowest BCUT2D eigenvalue weighted by atomic mass is 10.0. The number of thiophene rings is 1. The number of hydrogen-bond donors (Lipinski definition) is 1. The third-order valence-corrected chi connectivity index (χ3v) is 4.24. The molecule has 3 heteroatoms. The molecule has 2 aromatic rings. The molecule has 0 amide bonds. The van der Waals surface area contributed by atoms with Crippen molar-refractivity contribution in [3.8, 4) is 0 Å². The van der Waals surface area contributed by atoms with Gasteiger partial charge in [0.1, 0.15) is 5.82 Å². The predicted molar refractivity (Wildman–Crippen MR) is 80.3 cm³/mol. The van der Waals surface area contributed by atoms with E-state index < -0.39 is 0 Å². The Morgan fingerprint density at radius 1 is 1.21 bits per heavy atom. The number of nitrogens with one attached hydrogen (secondary N) is 1. The van der Waals surface area contributed by atoms with Crippen LogP contribution < -0.4 is 5.32 Å². The van der Waals surface area contributed by atoms with Crippen LogP contribution in [0.25, 0.3) is 0 Å². The van der Waals surface area contributed by atoms with Crippen molar-refractivity contribution < 1.29 is 4.39 Å². The molecule has 0 fully saturated rings. The van der Waals surface area contributed by atoms with Crippen LogP contribution in [0.2, 0.25) is 0 Å². The van der Waals surface area contributed by atoms with E-state index in [1.807, 2.05) is 25.1 Å². The number of rotatable bonds is 5. The molecule has 1 aromatic carbocycles. The van der Waals surface area contributed by atoms with Crippen LogP contribution in [0.4, 0.5) is 4.39 Å². The Hall–Kier alpha value is -1.19. The van der Waals surface area contributed by atoms with Crippen molar-refractivity contribution in [2.45, 2.75) is 33.2 Å². The summed E-state index contributed by atoms with van der Waals surface area (Å²) < 4.78 is 14.3. The van der Waals surface area contributed by atoms with E-state index in [1.54, 1.807) is 11.3 Å². The predicted octanol–water partition coefficient (Wildman–Crippen LogP) is 4.59. The third-order valence-electron chi connectivity index (χ3n) is 3.18. The largest absolute Gasteiger partial charge is 0.306 e. The fourth-order valence-corrected chi connectivity index (χ4v) is 3.13. The maximum Gasteiger partial charge on any atom is 0.131 e. The van der Waals surface area contributed by atoms with E-state index in [2.05, 4.69) is 31.3 Å². The number of halogens is 1. The van der Waals surface area contributed by atoms with E-state index in [1.165, 1.54) is 9.75 Å². The fourth-order valence-electron chi connectivity index (χ4n) is 2.15. The van der Waals surface area contributed by atoms with E-state index in [4.69, 9.17) is 0 Å². The molecule has 0 saturated carbocycles. The zero-order valence-corrected chi connectivity index (χ0v) is 12.5. The van der Waals surface area contributed by atoms with Gasteiger partial charge < -0.3 is 5.32 Å². The topological polar surface area (TPSA) is 12.0 Å². The van der Waals surface area contributed by atoms with Gasteiger partial charge in [-0.2, -0.15) is 0 Å². The molecule has 1 atom stereocenters. The highest BCUT2D eigenvalue weighted by Gasteiger charge is 2.19. The second-order valence-corrected chi connectivity index (χ2v) is 6.13. The number of benzene rings is 1. The van der Waals surface area contributed by atoms with Crippen molar-refractivity contribution in [2.24, 2.45) is 0 Å². The summed E-state index contributed by atoms with van der Waals surface area (Å²) in [6.07, 6.45) is 1.04. The first kappa shape index (κ1) is 14.2. The molecule has 0 aliphatic heterocycles. The first-order chi connectivity index (χ1) is 9.13. The van der Waals surface area contributed by atoms with Gasteiger partial charge in [-0.25, -0.2) is 4.39 Å². The zero-order chi connectivity index (χ0) is 13.8. The van der Waals surface area contributed by atoms with Crippen LogP contribution in [-0.4, -0.2) is 6.54 Å². The van der Waals surface area contributed by atoms with Gasteiger partial charge in [-0.15, -0.1) is 11.3 Å². The molecule has 1 aromatic heterocycles. The summed E-state index contributed by atoms with van der Waals surface area (Å²) >= 11 is 1.73. The molecule has 0 radical (unpaired) electrons. The first-order valence-corrected chi connectivity index (χ1v) is 7.50. The molecule has 2 rings (SSSR count). The lowest BCUT2D eigenvalue weighted by Crippen LogP contribution is -2.23. The van der Waals surface area contributed by atoms with Crippen molar-refractivity contribution in [2.75, 3.05) is 6.54 Å². The molecule has 0 spiro atoms. The molecule has 0 aliphatic rings. The van der Waals surface area contributed by atoms with Gasteiger partial charge in [-0.1, -0.05) is 25.1 Å². The first-order valence-electron chi connectivity index (χ1n) is 6.68. The highest BCUT2D eigenvalue weighted by atomic mass is 32.1. The molecule has 1 heterocycles. The van der Waals surface area contributed by atoms with Crippen molar-refractivity contribution in [3.05, 3.63) is 57.0 Å². The lowest BCUT2D eigenvalue weighted by Gasteiger charge is -2.19. The Bertz CT molecular complexity index is 547. The minimum atomic E-state index is -0.0952. The standard InChI is InChI=1S/C16H20FNS/c1-4-10-18-16(14-9-8-12(3)19-14)13-7-5-6-11(2)15(13)17/h5-9,16,18H,4,10H2,1-3H3. The Balaban J connectivity index is 2.39. The van der Waals surface area contributed by atoms with Crippen LogP contribution in [0.1, 0.15) is 40.3 Å². The van der Waals surface area contributed by atoms with Crippen molar-refractivity contribution >= 4 is 11.3 Å². The fraction of sp³-hybridized carbons (Fsp3) is 0.375. The molecule has 19 heavy (non-hydrogen) atoms. The summed E-state index contributed by atoms with van der Waals surface area (Å²) in [5.41, 5.74) is 1.45. The van der Waals surface area contributed by atoms with E-state index in [0.29, 0.717) is 5.56 Å². The smallest absolute Gasteiger partial charge is 0.131 e. The van der Waals surface area contributed by atoms with Crippen LogP contribution in [0, 0.1) is 19.7 Å². The zero-order valence-electron chi connectivity index (χ0n) is 11.7. The molecular formula is C16H20FNS. The lowest BCUT2D eigenvalue weighted by molar-refractivity contribution is 0.546. The van der Waals surface area contributed by atoms with Gasteiger partial charge in [0.2, 0.25) is 0 Å². The van der Waals surface area contributed by atoms with Gasteiger partial charge in [0.05, 0.1) is 6.04 Å². The second kappa shape index (κ2) is 6.31. The molecular weight excluding hydrogens is 257 g/mol. The molecule has 0 aliphatic carbocycles. The van der Waals surface area contributed by atoms with Gasteiger partial charge in [0.15, 0.2) is 0 Å². The summed E-state index contributed by atoms with van der Waals surface area (Å²) in [5, 5.41) is 3.45. The van der Waals surface area contributed by atoms with E-state index in [9.17, 15) is 4.39 Å². The summed E-state index contributed by atoms with van der Waals surface area (Å²) in [6.45, 7) is 6.90. The van der Waals surface area contributed by atoms with Crippen LogP contribution in [0.15, 0.2) is 30.3 Å². The molecule has 0 saturated heterocycles. The average molecular weight is 277 g/mol. The quantitative estimate of drug-likeness (QED) is 0.842. The normalized spacial score (nSPS) is 12.6. The van der Waals surface area contributed by atoms with E-state index >= 15 is 0 Å². The van der Waals surface area contributed by atoms with Crippen LogP contribution in [0.5, 0.6) is 0 Å². The van der Waals surface area contributed by atoms with Gasteiger partial charge in [0.25, 0.3) is 0 Å². The molecule has 1 N–H and O–H groups in total. The Kier molecular flexibility index (Phi) is 4.72. The minimum Gasteiger partial charge on any atom is -0.306 e. The summed E-state index contributed by atoms with van der Waals surface area (Å²) in [7, 11) is 0. The van der Waals surface area contributed by atoms with Crippen LogP contribution >= 0.6 is 11.3 Å². The molecule has 1 unspecified atom stereocenters. The third kappa shape index (κ3) is 3.23. The van der Waals surface area contributed by atoms with Gasteiger partial charge in [-0.3, -0.25) is 0 Å². The number of aryl methyl sites for hydroxylation is 2. The Morgan fingerprint density at radius 2 is 2.00 bits per heavy atom. The van der Waals surface area contributed by atoms with E-state index in [0.717, 1.165) is 18.5 Å². The van der Waals surface area contributed by atoms with E-state index in [-0.39, 0.29) is 11.9 Å². The minimum absolute atomic E-state index is 0.0430. The van der Waals surface area contributed by atoms with Gasteiger partial charge in [-0.05, 0) is 44.5 Å². The highest BCUT2D eigenvalue weighted by molar-refractivity contribution is 7.12. The SMILES string of the molecule is CCCNC(c1ccc(C)s1)c1cccc(C)c1F. The van der Waals surface area contributed by atoms with Gasteiger partial charge >= 0.3 is 0 Å². The van der Waals surface area contributed by atoms with Crippen molar-refractivity contribution in [3.63, 3.8) is 0 Å². The van der Waals surface area contributed by atoms with Crippen LogP contribution in [0.3, 0.4) is 0 Å². The maximum absolute atomic E-state index is 14.3. The number of hydrogen-bond acceptors (Lipinski definition) is 2.